The molecule has 2 aromatic rings. The van der Waals surface area contributed by atoms with Gasteiger partial charge in [0.15, 0.2) is 0 Å². The number of primary sulfonamides is 1. The first kappa shape index (κ1) is 15.5. The molecule has 3 rings (SSSR count). The Kier molecular flexibility index (Phi) is 4.05. The number of aromatic nitrogens is 3. The SMILES string of the molecule is NS(=O)(=O)CC1CC(=O)N(c2nccc(-c3cccnc3)n2)C1. The molecule has 1 atom stereocenters. The molecule has 8 nitrogen and oxygen atoms in total. The summed E-state index contributed by atoms with van der Waals surface area (Å²) >= 11 is 0. The Hall–Kier alpha value is -2.39. The maximum Gasteiger partial charge on any atom is 0.232 e. The van der Waals surface area contributed by atoms with Crippen molar-refractivity contribution in [2.45, 2.75) is 6.42 Å². The second-order valence-corrected chi connectivity index (χ2v) is 7.05. The van der Waals surface area contributed by atoms with Crippen LogP contribution in [-0.2, 0) is 14.8 Å². The summed E-state index contributed by atoms with van der Waals surface area (Å²) in [6.45, 7) is 0.242. The molecule has 3 heterocycles. The molecule has 120 valence electrons. The average molecular weight is 333 g/mol. The quantitative estimate of drug-likeness (QED) is 0.852. The molecule has 1 saturated heterocycles. The first-order valence-corrected chi connectivity index (χ1v) is 8.68. The molecule has 0 aromatic carbocycles. The first-order chi connectivity index (χ1) is 10.9. The Labute approximate surface area is 133 Å². The zero-order valence-electron chi connectivity index (χ0n) is 12.2. The number of carbonyl (C=O) groups is 1. The van der Waals surface area contributed by atoms with E-state index in [1.165, 1.54) is 4.90 Å². The normalized spacial score (nSPS) is 18.4. The van der Waals surface area contributed by atoms with Crippen LogP contribution in [0.3, 0.4) is 0 Å². The number of sulfonamides is 1. The summed E-state index contributed by atoms with van der Waals surface area (Å²) in [7, 11) is -3.62. The number of hydrogen-bond acceptors (Lipinski definition) is 6. The van der Waals surface area contributed by atoms with Gasteiger partial charge in [-0.2, -0.15) is 0 Å². The van der Waals surface area contributed by atoms with Crippen molar-refractivity contribution in [3.8, 4) is 11.3 Å². The van der Waals surface area contributed by atoms with Crippen molar-refractivity contribution in [3.63, 3.8) is 0 Å². The summed E-state index contributed by atoms with van der Waals surface area (Å²) < 4.78 is 22.4. The van der Waals surface area contributed by atoms with Crippen LogP contribution >= 0.6 is 0 Å². The van der Waals surface area contributed by atoms with Gasteiger partial charge in [0.25, 0.3) is 0 Å². The highest BCUT2D eigenvalue weighted by Crippen LogP contribution is 2.24. The van der Waals surface area contributed by atoms with Gasteiger partial charge in [-0.1, -0.05) is 0 Å². The third-order valence-electron chi connectivity index (χ3n) is 3.51. The third kappa shape index (κ3) is 3.69. The number of amides is 1. The van der Waals surface area contributed by atoms with E-state index in [4.69, 9.17) is 5.14 Å². The minimum absolute atomic E-state index is 0.122. The third-order valence-corrected chi connectivity index (χ3v) is 4.45. The van der Waals surface area contributed by atoms with Gasteiger partial charge in [-0.15, -0.1) is 0 Å². The van der Waals surface area contributed by atoms with E-state index in [2.05, 4.69) is 15.0 Å². The number of rotatable bonds is 4. The van der Waals surface area contributed by atoms with Crippen LogP contribution < -0.4 is 10.0 Å². The van der Waals surface area contributed by atoms with Gasteiger partial charge in [-0.25, -0.2) is 23.5 Å². The van der Waals surface area contributed by atoms with Crippen molar-refractivity contribution in [1.82, 2.24) is 15.0 Å². The number of anilines is 1. The van der Waals surface area contributed by atoms with Crippen molar-refractivity contribution in [1.29, 1.82) is 0 Å². The molecular formula is C14H15N5O3S. The Bertz CT molecular complexity index is 825. The second-order valence-electron chi connectivity index (χ2n) is 5.39. The van der Waals surface area contributed by atoms with Crippen LogP contribution in [0.15, 0.2) is 36.8 Å². The summed E-state index contributed by atoms with van der Waals surface area (Å²) in [5.41, 5.74) is 1.45. The average Bonchev–Trinajstić information content (AvgIpc) is 2.87. The molecule has 2 aromatic heterocycles. The zero-order valence-corrected chi connectivity index (χ0v) is 13.0. The molecule has 23 heavy (non-hydrogen) atoms. The van der Waals surface area contributed by atoms with Crippen LogP contribution in [0, 0.1) is 5.92 Å². The summed E-state index contributed by atoms with van der Waals surface area (Å²) in [5.74, 6) is -0.518. The molecular weight excluding hydrogens is 318 g/mol. The summed E-state index contributed by atoms with van der Waals surface area (Å²) in [6.07, 6.45) is 5.01. The van der Waals surface area contributed by atoms with Gasteiger partial charge in [0.05, 0.1) is 11.4 Å². The smallest absolute Gasteiger partial charge is 0.232 e. The second kappa shape index (κ2) is 6.01. The molecule has 1 fully saturated rings. The molecule has 9 heteroatoms. The highest BCUT2D eigenvalue weighted by molar-refractivity contribution is 7.89. The molecule has 1 aliphatic heterocycles. The standard InChI is InChI=1S/C14H15N5O3S/c15-23(21,22)9-10-6-13(20)19(8-10)14-17-5-3-12(18-14)11-2-1-4-16-7-11/h1-5,7,10H,6,8-9H2,(H2,15,21,22). The fourth-order valence-electron chi connectivity index (χ4n) is 2.57. The van der Waals surface area contributed by atoms with E-state index in [0.29, 0.717) is 5.69 Å². The zero-order chi connectivity index (χ0) is 16.4. The predicted molar refractivity (Wildman–Crippen MR) is 83.7 cm³/mol. The summed E-state index contributed by atoms with van der Waals surface area (Å²) in [6, 6.07) is 5.37. The fraction of sp³-hybridized carbons (Fsp3) is 0.286. The van der Waals surface area contributed by atoms with Crippen molar-refractivity contribution in [2.75, 3.05) is 17.2 Å². The van der Waals surface area contributed by atoms with Crippen LogP contribution in [-0.4, -0.2) is 41.6 Å². The lowest BCUT2D eigenvalue weighted by Gasteiger charge is -2.15. The van der Waals surface area contributed by atoms with Gasteiger partial charge in [-0.3, -0.25) is 14.7 Å². The van der Waals surface area contributed by atoms with Crippen LogP contribution in [0.25, 0.3) is 11.3 Å². The number of carbonyl (C=O) groups excluding carboxylic acids is 1. The van der Waals surface area contributed by atoms with Gasteiger partial charge < -0.3 is 0 Å². The Morgan fingerprint density at radius 2 is 2.13 bits per heavy atom. The molecule has 1 amide bonds. The van der Waals surface area contributed by atoms with Crippen LogP contribution in [0.4, 0.5) is 5.95 Å². The van der Waals surface area contributed by atoms with Crippen molar-refractivity contribution >= 4 is 21.9 Å². The minimum atomic E-state index is -3.62. The maximum absolute atomic E-state index is 12.1. The van der Waals surface area contributed by atoms with E-state index in [0.717, 1.165) is 5.56 Å². The van der Waals surface area contributed by atoms with Crippen LogP contribution in [0.5, 0.6) is 0 Å². The molecule has 0 bridgehead atoms. The van der Waals surface area contributed by atoms with Gasteiger partial charge in [-0.05, 0) is 18.2 Å². The number of nitrogens with zero attached hydrogens (tertiary/aromatic N) is 4. The largest absolute Gasteiger partial charge is 0.280 e. The Balaban J connectivity index is 1.84. The Morgan fingerprint density at radius 3 is 2.83 bits per heavy atom. The highest BCUT2D eigenvalue weighted by atomic mass is 32.2. The lowest BCUT2D eigenvalue weighted by Crippen LogP contribution is -2.28. The summed E-state index contributed by atoms with van der Waals surface area (Å²) in [4.78, 5) is 26.1. The number of nitrogens with two attached hydrogens (primary N) is 1. The monoisotopic (exact) mass is 333 g/mol. The van der Waals surface area contributed by atoms with E-state index < -0.39 is 10.0 Å². The summed E-state index contributed by atoms with van der Waals surface area (Å²) in [5, 5.41) is 5.05. The maximum atomic E-state index is 12.1. The minimum Gasteiger partial charge on any atom is -0.280 e. The van der Waals surface area contributed by atoms with E-state index in [1.807, 2.05) is 6.07 Å². The fourth-order valence-corrected chi connectivity index (χ4v) is 3.45. The van der Waals surface area contributed by atoms with E-state index in [9.17, 15) is 13.2 Å². The van der Waals surface area contributed by atoms with E-state index in [-0.39, 0.29) is 36.5 Å². The molecule has 0 saturated carbocycles. The van der Waals surface area contributed by atoms with E-state index in [1.54, 1.807) is 30.7 Å². The predicted octanol–water partition coefficient (Wildman–Crippen LogP) is 0.180. The molecule has 1 unspecified atom stereocenters. The van der Waals surface area contributed by atoms with Crippen LogP contribution in [0.1, 0.15) is 6.42 Å². The van der Waals surface area contributed by atoms with Crippen molar-refractivity contribution in [3.05, 3.63) is 36.8 Å². The molecule has 2 N–H and O–H groups in total. The van der Waals surface area contributed by atoms with Gasteiger partial charge in [0.2, 0.25) is 21.9 Å². The molecule has 0 radical (unpaired) electrons. The van der Waals surface area contributed by atoms with Crippen molar-refractivity contribution in [2.24, 2.45) is 11.1 Å². The lowest BCUT2D eigenvalue weighted by molar-refractivity contribution is -0.117. The van der Waals surface area contributed by atoms with Crippen LogP contribution in [0.2, 0.25) is 0 Å². The van der Waals surface area contributed by atoms with Gasteiger partial charge in [0.1, 0.15) is 0 Å². The number of pyridine rings is 1. The van der Waals surface area contributed by atoms with Gasteiger partial charge >= 0.3 is 0 Å². The molecule has 1 aliphatic rings. The molecule has 0 spiro atoms. The highest BCUT2D eigenvalue weighted by Gasteiger charge is 2.34. The topological polar surface area (TPSA) is 119 Å². The van der Waals surface area contributed by atoms with Crippen molar-refractivity contribution < 1.29 is 13.2 Å². The van der Waals surface area contributed by atoms with Gasteiger partial charge in [0, 0.05) is 43.0 Å². The number of hydrogen-bond donors (Lipinski definition) is 1. The molecule has 0 aliphatic carbocycles. The lowest BCUT2D eigenvalue weighted by atomic mass is 10.1. The Morgan fingerprint density at radius 1 is 1.30 bits per heavy atom. The van der Waals surface area contributed by atoms with E-state index >= 15 is 0 Å². The first-order valence-electron chi connectivity index (χ1n) is 6.97.